The zero-order chi connectivity index (χ0) is 10.6. The molecular formula is C9H14N2O3. The SMILES string of the molecule is Cc1ccc(CNC(=O)C(O)CN)o1. The van der Waals surface area contributed by atoms with Crippen LogP contribution in [0.3, 0.4) is 0 Å². The summed E-state index contributed by atoms with van der Waals surface area (Å²) >= 11 is 0. The largest absolute Gasteiger partial charge is 0.465 e. The molecule has 1 aromatic rings. The number of aryl methyl sites for hydroxylation is 1. The second-order valence-electron chi connectivity index (χ2n) is 2.98. The zero-order valence-electron chi connectivity index (χ0n) is 7.99. The van der Waals surface area contributed by atoms with Crippen molar-refractivity contribution in [1.29, 1.82) is 0 Å². The smallest absolute Gasteiger partial charge is 0.250 e. The van der Waals surface area contributed by atoms with E-state index in [1.165, 1.54) is 0 Å². The standard InChI is InChI=1S/C9H14N2O3/c1-6-2-3-7(14-6)5-11-9(13)8(12)4-10/h2-3,8,12H,4-5,10H2,1H3,(H,11,13). The molecule has 78 valence electrons. The quantitative estimate of drug-likeness (QED) is 0.610. The fourth-order valence-electron chi connectivity index (χ4n) is 0.979. The monoisotopic (exact) mass is 198 g/mol. The molecule has 14 heavy (non-hydrogen) atoms. The van der Waals surface area contributed by atoms with Gasteiger partial charge in [-0.2, -0.15) is 0 Å². The van der Waals surface area contributed by atoms with Crippen LogP contribution in [0.15, 0.2) is 16.5 Å². The van der Waals surface area contributed by atoms with Crippen LogP contribution < -0.4 is 11.1 Å². The molecule has 1 aromatic heterocycles. The topological polar surface area (TPSA) is 88.5 Å². The first-order valence-corrected chi connectivity index (χ1v) is 4.34. The summed E-state index contributed by atoms with van der Waals surface area (Å²) in [5.41, 5.74) is 5.11. The van der Waals surface area contributed by atoms with Gasteiger partial charge in [0.25, 0.3) is 5.91 Å². The van der Waals surface area contributed by atoms with Gasteiger partial charge in [-0.25, -0.2) is 0 Å². The second kappa shape index (κ2) is 4.78. The minimum Gasteiger partial charge on any atom is -0.465 e. The summed E-state index contributed by atoms with van der Waals surface area (Å²) in [5, 5.41) is 11.5. The van der Waals surface area contributed by atoms with E-state index in [1.807, 2.05) is 6.92 Å². The van der Waals surface area contributed by atoms with Gasteiger partial charge < -0.3 is 20.6 Å². The molecule has 0 saturated carbocycles. The number of nitrogens with two attached hydrogens (primary N) is 1. The number of hydrogen-bond donors (Lipinski definition) is 3. The van der Waals surface area contributed by atoms with Gasteiger partial charge in [-0.05, 0) is 19.1 Å². The summed E-state index contributed by atoms with van der Waals surface area (Å²) in [7, 11) is 0. The summed E-state index contributed by atoms with van der Waals surface area (Å²) < 4.78 is 5.22. The van der Waals surface area contributed by atoms with Gasteiger partial charge in [-0.15, -0.1) is 0 Å². The van der Waals surface area contributed by atoms with Crippen LogP contribution in [0.1, 0.15) is 11.5 Å². The van der Waals surface area contributed by atoms with Crippen molar-refractivity contribution < 1.29 is 14.3 Å². The summed E-state index contributed by atoms with van der Waals surface area (Å²) in [6.07, 6.45) is -1.15. The average molecular weight is 198 g/mol. The first-order chi connectivity index (χ1) is 6.63. The van der Waals surface area contributed by atoms with Crippen molar-refractivity contribution in [2.45, 2.75) is 19.6 Å². The maximum absolute atomic E-state index is 11.1. The van der Waals surface area contributed by atoms with E-state index in [-0.39, 0.29) is 13.1 Å². The highest BCUT2D eigenvalue weighted by Crippen LogP contribution is 2.05. The third-order valence-corrected chi connectivity index (χ3v) is 1.76. The Balaban J connectivity index is 2.37. The highest BCUT2D eigenvalue weighted by molar-refractivity contribution is 5.80. The number of amides is 1. The van der Waals surface area contributed by atoms with Crippen molar-refractivity contribution in [2.75, 3.05) is 6.54 Å². The Morgan fingerprint density at radius 2 is 2.43 bits per heavy atom. The lowest BCUT2D eigenvalue weighted by Gasteiger charge is -2.07. The van der Waals surface area contributed by atoms with Crippen molar-refractivity contribution in [2.24, 2.45) is 5.73 Å². The molecule has 1 unspecified atom stereocenters. The minimum absolute atomic E-state index is 0.0803. The Morgan fingerprint density at radius 1 is 1.71 bits per heavy atom. The summed E-state index contributed by atoms with van der Waals surface area (Å²) in [6.45, 7) is 2.01. The van der Waals surface area contributed by atoms with Crippen LogP contribution in [0.5, 0.6) is 0 Å². The van der Waals surface area contributed by atoms with E-state index in [4.69, 9.17) is 15.3 Å². The molecule has 1 heterocycles. The molecule has 0 aromatic carbocycles. The van der Waals surface area contributed by atoms with Crippen molar-refractivity contribution in [3.63, 3.8) is 0 Å². The van der Waals surface area contributed by atoms with Crippen LogP contribution in [-0.4, -0.2) is 23.7 Å². The Morgan fingerprint density at radius 3 is 2.93 bits per heavy atom. The first-order valence-electron chi connectivity index (χ1n) is 4.34. The summed E-state index contributed by atoms with van der Waals surface area (Å²) in [5.74, 6) is 0.954. The fourth-order valence-corrected chi connectivity index (χ4v) is 0.979. The first kappa shape index (κ1) is 10.7. The molecule has 0 aliphatic heterocycles. The van der Waals surface area contributed by atoms with E-state index in [0.717, 1.165) is 5.76 Å². The van der Waals surface area contributed by atoms with Gasteiger partial charge >= 0.3 is 0 Å². The number of carbonyl (C=O) groups excluding carboxylic acids is 1. The zero-order valence-corrected chi connectivity index (χ0v) is 7.99. The molecular weight excluding hydrogens is 184 g/mol. The number of nitrogens with one attached hydrogen (secondary N) is 1. The van der Waals surface area contributed by atoms with Gasteiger partial charge in [0.15, 0.2) is 0 Å². The molecule has 1 atom stereocenters. The molecule has 0 aliphatic carbocycles. The predicted octanol–water partition coefficient (Wildman–Crippen LogP) is -0.476. The van der Waals surface area contributed by atoms with Crippen LogP contribution in [0.4, 0.5) is 0 Å². The van der Waals surface area contributed by atoms with Gasteiger partial charge in [0.2, 0.25) is 0 Å². The lowest BCUT2D eigenvalue weighted by molar-refractivity contribution is -0.129. The van der Waals surface area contributed by atoms with Crippen molar-refractivity contribution in [1.82, 2.24) is 5.32 Å². The van der Waals surface area contributed by atoms with E-state index in [9.17, 15) is 4.79 Å². The van der Waals surface area contributed by atoms with Gasteiger partial charge in [-0.3, -0.25) is 4.79 Å². The molecule has 5 heteroatoms. The Kier molecular flexibility index (Phi) is 3.67. The Labute approximate surface area is 81.9 Å². The van der Waals surface area contributed by atoms with Crippen LogP contribution in [0.2, 0.25) is 0 Å². The van der Waals surface area contributed by atoms with E-state index >= 15 is 0 Å². The maximum Gasteiger partial charge on any atom is 0.250 e. The molecule has 1 amide bonds. The molecule has 4 N–H and O–H groups in total. The number of aliphatic hydroxyl groups is 1. The lowest BCUT2D eigenvalue weighted by atomic mass is 10.3. The van der Waals surface area contributed by atoms with Crippen LogP contribution >= 0.6 is 0 Å². The normalized spacial score (nSPS) is 12.5. The highest BCUT2D eigenvalue weighted by Gasteiger charge is 2.12. The van der Waals surface area contributed by atoms with Gasteiger partial charge in [0.05, 0.1) is 6.54 Å². The molecule has 0 radical (unpaired) electrons. The van der Waals surface area contributed by atoms with Crippen molar-refractivity contribution in [3.05, 3.63) is 23.7 Å². The second-order valence-corrected chi connectivity index (χ2v) is 2.98. The minimum atomic E-state index is -1.15. The molecule has 0 spiro atoms. The third-order valence-electron chi connectivity index (χ3n) is 1.76. The number of rotatable bonds is 4. The summed E-state index contributed by atoms with van der Waals surface area (Å²) in [4.78, 5) is 11.1. The number of aliphatic hydroxyl groups excluding tert-OH is 1. The van der Waals surface area contributed by atoms with Gasteiger partial charge in [0, 0.05) is 6.54 Å². The van der Waals surface area contributed by atoms with E-state index in [1.54, 1.807) is 12.1 Å². The average Bonchev–Trinajstić information content (AvgIpc) is 2.59. The van der Waals surface area contributed by atoms with Crippen LogP contribution in [0, 0.1) is 6.92 Å². The molecule has 0 aliphatic rings. The number of hydrogen-bond acceptors (Lipinski definition) is 4. The summed E-state index contributed by atoms with van der Waals surface area (Å²) in [6, 6.07) is 3.57. The maximum atomic E-state index is 11.1. The van der Waals surface area contributed by atoms with Gasteiger partial charge in [0.1, 0.15) is 17.6 Å². The number of carbonyl (C=O) groups is 1. The van der Waals surface area contributed by atoms with E-state index < -0.39 is 12.0 Å². The molecule has 5 nitrogen and oxygen atoms in total. The van der Waals surface area contributed by atoms with E-state index in [0.29, 0.717) is 5.76 Å². The number of furan rings is 1. The molecule has 0 fully saturated rings. The fraction of sp³-hybridized carbons (Fsp3) is 0.444. The predicted molar refractivity (Wildman–Crippen MR) is 50.4 cm³/mol. The van der Waals surface area contributed by atoms with Crippen molar-refractivity contribution in [3.8, 4) is 0 Å². The molecule has 0 bridgehead atoms. The highest BCUT2D eigenvalue weighted by atomic mass is 16.3. The van der Waals surface area contributed by atoms with Crippen LogP contribution in [0.25, 0.3) is 0 Å². The van der Waals surface area contributed by atoms with E-state index in [2.05, 4.69) is 5.32 Å². The van der Waals surface area contributed by atoms with Crippen molar-refractivity contribution >= 4 is 5.91 Å². The van der Waals surface area contributed by atoms with Crippen LogP contribution in [-0.2, 0) is 11.3 Å². The van der Waals surface area contributed by atoms with Gasteiger partial charge in [-0.1, -0.05) is 0 Å². The molecule has 0 saturated heterocycles. The third kappa shape index (κ3) is 2.86. The molecule has 1 rings (SSSR count). The Bertz CT molecular complexity index is 309. The lowest BCUT2D eigenvalue weighted by Crippen LogP contribution is -2.38. The Hall–Kier alpha value is -1.33.